The van der Waals surface area contributed by atoms with Gasteiger partial charge in [0.05, 0.1) is 12.8 Å². The number of alkyl halides is 2. The summed E-state index contributed by atoms with van der Waals surface area (Å²) >= 11 is 0. The third-order valence-electron chi connectivity index (χ3n) is 5.27. The van der Waals surface area contributed by atoms with E-state index >= 15 is 0 Å². The maximum absolute atomic E-state index is 13.2. The molecule has 0 aromatic carbocycles. The third kappa shape index (κ3) is 5.22. The Hall–Kier alpha value is -1.62. The van der Waals surface area contributed by atoms with Crippen molar-refractivity contribution in [1.29, 1.82) is 0 Å². The Morgan fingerprint density at radius 1 is 1.26 bits per heavy atom. The zero-order valence-electron chi connectivity index (χ0n) is 15.2. The molecule has 0 bridgehead atoms. The second-order valence-electron chi connectivity index (χ2n) is 7.33. The van der Waals surface area contributed by atoms with E-state index in [-0.39, 0.29) is 43.0 Å². The van der Waals surface area contributed by atoms with Crippen LogP contribution in [0.4, 0.5) is 8.78 Å². The van der Waals surface area contributed by atoms with Crippen molar-refractivity contribution >= 4 is 15.9 Å². The molecule has 152 valence electrons. The molecule has 0 radical (unpaired) electrons. The van der Waals surface area contributed by atoms with Gasteiger partial charge in [0.1, 0.15) is 0 Å². The van der Waals surface area contributed by atoms with Gasteiger partial charge in [-0.2, -0.15) is 4.98 Å². The van der Waals surface area contributed by atoms with Crippen molar-refractivity contribution in [3.8, 4) is 0 Å². The Balaban J connectivity index is 1.46. The predicted octanol–water partition coefficient (Wildman–Crippen LogP) is 1.65. The third-order valence-corrected chi connectivity index (χ3v) is 6.58. The number of piperidine rings is 1. The Morgan fingerprint density at radius 2 is 1.89 bits per heavy atom. The standard InChI is InChI=1S/C16H24F2N4O4S/c1-27(24,25)22-8-4-12(5-9-22)15(23)19-10-13-20-14(21-26-13)11-2-6-16(17,18)7-3-11/h11-12H,2-10H2,1H3,(H,19,23). The first-order valence-electron chi connectivity index (χ1n) is 9.07. The summed E-state index contributed by atoms with van der Waals surface area (Å²) in [5.41, 5.74) is 0. The van der Waals surface area contributed by atoms with Crippen LogP contribution in [-0.2, 0) is 21.4 Å². The topological polar surface area (TPSA) is 105 Å². The molecule has 2 heterocycles. The van der Waals surface area contributed by atoms with Crippen LogP contribution in [0.3, 0.4) is 0 Å². The first-order chi connectivity index (χ1) is 12.6. The Bertz CT molecular complexity index is 765. The van der Waals surface area contributed by atoms with Gasteiger partial charge in [0.15, 0.2) is 5.82 Å². The minimum absolute atomic E-state index is 0.0704. The molecule has 1 N–H and O–H groups in total. The maximum Gasteiger partial charge on any atom is 0.248 e. The fourth-order valence-electron chi connectivity index (χ4n) is 3.56. The van der Waals surface area contributed by atoms with Crippen molar-refractivity contribution in [2.24, 2.45) is 5.92 Å². The number of nitrogens with zero attached hydrogens (tertiary/aromatic N) is 3. The van der Waals surface area contributed by atoms with Gasteiger partial charge in [0, 0.05) is 37.8 Å². The number of amides is 1. The lowest BCUT2D eigenvalue weighted by Crippen LogP contribution is -2.42. The zero-order valence-corrected chi connectivity index (χ0v) is 16.0. The van der Waals surface area contributed by atoms with Gasteiger partial charge in [0.25, 0.3) is 0 Å². The molecule has 11 heteroatoms. The molecule has 1 aliphatic heterocycles. The van der Waals surface area contributed by atoms with Crippen LogP contribution in [0.5, 0.6) is 0 Å². The summed E-state index contributed by atoms with van der Waals surface area (Å²) < 4.78 is 55.9. The number of hydrogen-bond acceptors (Lipinski definition) is 6. The molecule has 27 heavy (non-hydrogen) atoms. The lowest BCUT2D eigenvalue weighted by molar-refractivity contribution is -0.126. The van der Waals surface area contributed by atoms with Crippen LogP contribution in [0.15, 0.2) is 4.52 Å². The van der Waals surface area contributed by atoms with Crippen LogP contribution < -0.4 is 5.32 Å². The molecule has 1 aromatic heterocycles. The summed E-state index contributed by atoms with van der Waals surface area (Å²) in [6, 6.07) is 0. The Kier molecular flexibility index (Phi) is 5.80. The van der Waals surface area contributed by atoms with Crippen molar-refractivity contribution < 1.29 is 26.5 Å². The van der Waals surface area contributed by atoms with E-state index in [9.17, 15) is 22.0 Å². The second kappa shape index (κ2) is 7.78. The Labute approximate surface area is 156 Å². The number of hydrogen-bond donors (Lipinski definition) is 1. The molecule has 2 fully saturated rings. The van der Waals surface area contributed by atoms with E-state index in [1.165, 1.54) is 4.31 Å². The van der Waals surface area contributed by atoms with E-state index in [0.29, 0.717) is 44.6 Å². The monoisotopic (exact) mass is 406 g/mol. The highest BCUT2D eigenvalue weighted by Gasteiger charge is 2.37. The molecule has 1 saturated heterocycles. The highest BCUT2D eigenvalue weighted by atomic mass is 32.2. The molecule has 1 aromatic rings. The van der Waals surface area contributed by atoms with Gasteiger partial charge >= 0.3 is 0 Å². The fourth-order valence-corrected chi connectivity index (χ4v) is 4.43. The van der Waals surface area contributed by atoms with Crippen molar-refractivity contribution in [2.75, 3.05) is 19.3 Å². The number of rotatable bonds is 5. The average Bonchev–Trinajstić information content (AvgIpc) is 3.08. The smallest absolute Gasteiger partial charge is 0.248 e. The molecule has 1 aliphatic carbocycles. The maximum atomic E-state index is 13.2. The first-order valence-corrected chi connectivity index (χ1v) is 10.9. The summed E-state index contributed by atoms with van der Waals surface area (Å²) in [6.45, 7) is 0.725. The van der Waals surface area contributed by atoms with E-state index in [4.69, 9.17) is 4.52 Å². The van der Waals surface area contributed by atoms with Crippen molar-refractivity contribution in [3.63, 3.8) is 0 Å². The summed E-state index contributed by atoms with van der Waals surface area (Å²) in [4.78, 5) is 16.5. The van der Waals surface area contributed by atoms with Crippen molar-refractivity contribution in [2.45, 2.75) is 56.9 Å². The largest absolute Gasteiger partial charge is 0.347 e. The molecule has 3 rings (SSSR count). The first kappa shape index (κ1) is 20.1. The molecule has 0 atom stereocenters. The van der Waals surface area contributed by atoms with Gasteiger partial charge in [-0.3, -0.25) is 4.79 Å². The number of halogens is 2. The van der Waals surface area contributed by atoms with Gasteiger partial charge in [-0.1, -0.05) is 5.16 Å². The summed E-state index contributed by atoms with van der Waals surface area (Å²) in [7, 11) is -3.22. The van der Waals surface area contributed by atoms with Gasteiger partial charge < -0.3 is 9.84 Å². The van der Waals surface area contributed by atoms with Gasteiger partial charge in [0.2, 0.25) is 27.7 Å². The van der Waals surface area contributed by atoms with E-state index in [1.54, 1.807) is 0 Å². The van der Waals surface area contributed by atoms with Gasteiger partial charge in [-0.25, -0.2) is 21.5 Å². The molecule has 0 spiro atoms. The fraction of sp³-hybridized carbons (Fsp3) is 0.812. The van der Waals surface area contributed by atoms with Gasteiger partial charge in [-0.05, 0) is 25.7 Å². The lowest BCUT2D eigenvalue weighted by atomic mass is 9.86. The lowest BCUT2D eigenvalue weighted by Gasteiger charge is -2.29. The minimum Gasteiger partial charge on any atom is -0.347 e. The number of carbonyl (C=O) groups is 1. The molecule has 0 unspecified atom stereocenters. The molecule has 1 saturated carbocycles. The average molecular weight is 406 g/mol. The number of sulfonamides is 1. The number of carbonyl (C=O) groups excluding carboxylic acids is 1. The highest BCUT2D eigenvalue weighted by Crippen LogP contribution is 2.39. The highest BCUT2D eigenvalue weighted by molar-refractivity contribution is 7.88. The normalized spacial score (nSPS) is 22.6. The molecule has 2 aliphatic rings. The molecular formula is C16H24F2N4O4S. The van der Waals surface area contributed by atoms with Crippen LogP contribution in [-0.4, -0.2) is 54.0 Å². The van der Waals surface area contributed by atoms with E-state index in [0.717, 1.165) is 6.26 Å². The van der Waals surface area contributed by atoms with Crippen LogP contribution in [0.25, 0.3) is 0 Å². The van der Waals surface area contributed by atoms with E-state index in [1.807, 2.05) is 0 Å². The van der Waals surface area contributed by atoms with Gasteiger partial charge in [-0.15, -0.1) is 0 Å². The predicted molar refractivity (Wildman–Crippen MR) is 91.4 cm³/mol. The minimum atomic E-state index is -3.22. The number of aromatic nitrogens is 2. The van der Waals surface area contributed by atoms with Crippen LogP contribution >= 0.6 is 0 Å². The molecular weight excluding hydrogens is 382 g/mol. The van der Waals surface area contributed by atoms with E-state index in [2.05, 4.69) is 15.5 Å². The van der Waals surface area contributed by atoms with Crippen LogP contribution in [0.2, 0.25) is 0 Å². The van der Waals surface area contributed by atoms with Crippen LogP contribution in [0, 0.1) is 5.92 Å². The summed E-state index contributed by atoms with van der Waals surface area (Å²) in [6.07, 6.45) is 2.37. The summed E-state index contributed by atoms with van der Waals surface area (Å²) in [5, 5.41) is 6.59. The quantitative estimate of drug-likeness (QED) is 0.797. The Morgan fingerprint density at radius 3 is 2.48 bits per heavy atom. The van der Waals surface area contributed by atoms with Crippen molar-refractivity contribution in [1.82, 2.24) is 19.8 Å². The van der Waals surface area contributed by atoms with Crippen LogP contribution in [0.1, 0.15) is 56.2 Å². The molecule has 1 amide bonds. The van der Waals surface area contributed by atoms with E-state index < -0.39 is 15.9 Å². The zero-order chi connectivity index (χ0) is 19.7. The van der Waals surface area contributed by atoms with Crippen molar-refractivity contribution in [3.05, 3.63) is 11.7 Å². The molecule has 8 nitrogen and oxygen atoms in total. The SMILES string of the molecule is CS(=O)(=O)N1CCC(C(=O)NCc2nc(C3CCC(F)(F)CC3)no2)CC1. The second-order valence-corrected chi connectivity index (χ2v) is 9.31. The number of nitrogens with one attached hydrogen (secondary N) is 1. The summed E-state index contributed by atoms with van der Waals surface area (Å²) in [5.74, 6) is -2.53.